The van der Waals surface area contributed by atoms with Crippen molar-refractivity contribution in [2.24, 2.45) is 5.73 Å². The minimum atomic E-state index is 1.00. The Morgan fingerprint density at radius 3 is 1.14 bits per heavy atom. The number of hydrogen-bond acceptors (Lipinski definition) is 3. The summed E-state index contributed by atoms with van der Waals surface area (Å²) >= 11 is 0. The molecule has 0 rings (SSSR count). The van der Waals surface area contributed by atoms with Crippen LogP contribution >= 0.6 is 0 Å². The van der Waals surface area contributed by atoms with Crippen molar-refractivity contribution >= 4 is 0 Å². The van der Waals surface area contributed by atoms with E-state index in [0.717, 1.165) is 7.11 Å². The van der Waals surface area contributed by atoms with E-state index in [1.54, 1.807) is 0 Å². The highest BCUT2D eigenvalue weighted by Crippen LogP contribution is 0.981. The minimum Gasteiger partial charge on any atom is -0.400 e. The van der Waals surface area contributed by atoms with Crippen LogP contribution < -0.4 is 11.1 Å². The second kappa shape index (κ2) is 181. The molecule has 0 bridgehead atoms. The van der Waals surface area contributed by atoms with Gasteiger partial charge in [0.15, 0.2) is 0 Å². The summed E-state index contributed by atoms with van der Waals surface area (Å²) in [5.41, 5.74) is 4.50. The maximum atomic E-state index is 7.00. The molecule has 0 saturated heterocycles. The zero-order chi connectivity index (χ0) is 6.71. The van der Waals surface area contributed by atoms with Crippen molar-refractivity contribution in [2.75, 3.05) is 28.3 Å². The smallest absolute Gasteiger partial charge is 0.0319 e. The largest absolute Gasteiger partial charge is 0.400 e. The Labute approximate surface area is 45.5 Å². The molecule has 0 aliphatic heterocycles. The van der Waals surface area contributed by atoms with E-state index in [0.29, 0.717) is 0 Å². The molecule has 0 saturated carbocycles. The van der Waals surface area contributed by atoms with E-state index in [9.17, 15) is 0 Å². The maximum absolute atomic E-state index is 7.00. The number of aliphatic hydroxyl groups excluding tert-OH is 1. The zero-order valence-corrected chi connectivity index (χ0v) is 5.52. The third kappa shape index (κ3) is 6150. The molecule has 4 N–H and O–H groups in total. The monoisotopic (exact) mass is 108 g/mol. The van der Waals surface area contributed by atoms with Crippen molar-refractivity contribution < 1.29 is 5.11 Å². The van der Waals surface area contributed by atoms with Crippen LogP contribution in [0, 0.1) is 0 Å². The van der Waals surface area contributed by atoms with Gasteiger partial charge in [0.25, 0.3) is 0 Å². The first-order chi connectivity index (χ1) is 3.41. The lowest BCUT2D eigenvalue weighted by Crippen LogP contribution is -1.89. The topological polar surface area (TPSA) is 58.3 Å². The molecule has 0 amide bonds. The van der Waals surface area contributed by atoms with E-state index in [1.165, 1.54) is 7.05 Å². The van der Waals surface area contributed by atoms with Gasteiger partial charge in [0.1, 0.15) is 0 Å². The predicted octanol–water partition coefficient (Wildman–Crippen LogP) is -0.981. The van der Waals surface area contributed by atoms with Crippen LogP contribution in [0.3, 0.4) is 0 Å². The average molecular weight is 108 g/mol. The van der Waals surface area contributed by atoms with E-state index in [-0.39, 0.29) is 0 Å². The Bertz CT molecular complexity index is 9.65. The number of rotatable bonds is 0. The van der Waals surface area contributed by atoms with Gasteiger partial charge in [0.2, 0.25) is 0 Å². The Hall–Kier alpha value is -0.120. The highest BCUT2D eigenvalue weighted by atomic mass is 16.2. The van der Waals surface area contributed by atoms with E-state index < -0.39 is 0 Å². The van der Waals surface area contributed by atoms with Crippen LogP contribution in [0.5, 0.6) is 0 Å². The lowest BCUT2D eigenvalue weighted by Gasteiger charge is -1.59. The molecule has 0 fully saturated rings. The minimum absolute atomic E-state index is 1.00. The van der Waals surface area contributed by atoms with E-state index in [2.05, 4.69) is 11.1 Å². The molecule has 0 heterocycles. The lowest BCUT2D eigenvalue weighted by molar-refractivity contribution is 0.399. The summed E-state index contributed by atoms with van der Waals surface area (Å²) in [4.78, 5) is 0. The zero-order valence-electron chi connectivity index (χ0n) is 5.52. The highest BCUT2D eigenvalue weighted by molar-refractivity contribution is 3.91. The number of hydrogen-bond donors (Lipinski definition) is 3. The first-order valence-corrected chi connectivity index (χ1v) is 2.02. The van der Waals surface area contributed by atoms with Gasteiger partial charge in [0, 0.05) is 7.11 Å². The Morgan fingerprint density at radius 1 is 1.14 bits per heavy atom. The molecule has 3 heteroatoms. The molecular weight excluding hydrogens is 92.1 g/mol. The Morgan fingerprint density at radius 2 is 1.14 bits per heavy atom. The lowest BCUT2D eigenvalue weighted by atomic mass is 11.3. The van der Waals surface area contributed by atoms with E-state index in [1.807, 2.05) is 14.1 Å². The van der Waals surface area contributed by atoms with Gasteiger partial charge in [-0.25, -0.2) is 0 Å². The summed E-state index contributed by atoms with van der Waals surface area (Å²) in [5.74, 6) is 0. The number of nitrogens with one attached hydrogen (secondary N) is 1. The summed E-state index contributed by atoms with van der Waals surface area (Å²) in [6.45, 7) is 0. The van der Waals surface area contributed by atoms with Crippen LogP contribution in [0.15, 0.2) is 0 Å². The third-order valence-corrected chi connectivity index (χ3v) is 0. The van der Waals surface area contributed by atoms with Crippen molar-refractivity contribution in [3.63, 3.8) is 0 Å². The first kappa shape index (κ1) is 15.8. The average Bonchev–Trinajstić information content (AvgIpc) is 1.78. The van der Waals surface area contributed by atoms with Crippen LogP contribution in [0.4, 0.5) is 0 Å². The van der Waals surface area contributed by atoms with Crippen molar-refractivity contribution in [3.8, 4) is 0 Å². The predicted molar refractivity (Wildman–Crippen MR) is 33.2 cm³/mol. The Balaban J connectivity index is -0.0000000360. The standard InChI is InChI=1S/C2H7N.CH5N.CH4O/c1-3-2;2*1-2/h3H,1-2H3;2H2,1H3;2H,1H3. The van der Waals surface area contributed by atoms with Gasteiger partial charge in [-0.15, -0.1) is 0 Å². The molecule has 0 unspecified atom stereocenters. The summed E-state index contributed by atoms with van der Waals surface area (Å²) in [5, 5.41) is 9.75. The fourth-order valence-electron chi connectivity index (χ4n) is 0. The summed E-state index contributed by atoms with van der Waals surface area (Å²) in [6, 6.07) is 0. The van der Waals surface area contributed by atoms with Gasteiger partial charge in [-0.2, -0.15) is 0 Å². The molecule has 0 aromatic carbocycles. The quantitative estimate of drug-likeness (QED) is 0.374. The van der Waals surface area contributed by atoms with Crippen LogP contribution in [0.25, 0.3) is 0 Å². The van der Waals surface area contributed by atoms with Gasteiger partial charge in [0.05, 0.1) is 0 Å². The molecule has 0 aromatic rings. The fraction of sp³-hybridized carbons (Fsp3) is 1.00. The van der Waals surface area contributed by atoms with Crippen molar-refractivity contribution in [1.82, 2.24) is 5.32 Å². The molecular formula is C4H16N2O. The Kier molecular flexibility index (Phi) is 408. The van der Waals surface area contributed by atoms with Gasteiger partial charge in [-0.1, -0.05) is 0 Å². The van der Waals surface area contributed by atoms with Crippen LogP contribution in [-0.2, 0) is 0 Å². The van der Waals surface area contributed by atoms with Gasteiger partial charge < -0.3 is 16.2 Å². The third-order valence-electron chi connectivity index (χ3n) is 0. The fourth-order valence-corrected chi connectivity index (χ4v) is 0. The summed E-state index contributed by atoms with van der Waals surface area (Å²) < 4.78 is 0. The van der Waals surface area contributed by atoms with Crippen molar-refractivity contribution in [1.29, 1.82) is 0 Å². The van der Waals surface area contributed by atoms with Crippen LogP contribution in [0.2, 0.25) is 0 Å². The summed E-state index contributed by atoms with van der Waals surface area (Å²) in [7, 11) is 6.25. The molecule has 0 spiro atoms. The number of aliphatic hydroxyl groups is 1. The van der Waals surface area contributed by atoms with Crippen LogP contribution in [-0.4, -0.2) is 33.4 Å². The normalized spacial score (nSPS) is 4.29. The van der Waals surface area contributed by atoms with Gasteiger partial charge in [-0.3, -0.25) is 0 Å². The SMILES string of the molecule is CN.CNC.CO. The second-order valence-corrected chi connectivity index (χ2v) is 0.500. The molecule has 0 atom stereocenters. The first-order valence-electron chi connectivity index (χ1n) is 2.02. The van der Waals surface area contributed by atoms with E-state index >= 15 is 0 Å². The molecule has 0 aromatic heterocycles. The molecule has 7 heavy (non-hydrogen) atoms. The number of nitrogens with two attached hydrogens (primary N) is 1. The molecule has 0 aliphatic rings. The summed E-state index contributed by atoms with van der Waals surface area (Å²) in [6.07, 6.45) is 0. The molecule has 3 nitrogen and oxygen atoms in total. The highest BCUT2D eigenvalue weighted by Gasteiger charge is 1.25. The maximum Gasteiger partial charge on any atom is 0.0319 e. The van der Waals surface area contributed by atoms with Crippen molar-refractivity contribution in [3.05, 3.63) is 0 Å². The van der Waals surface area contributed by atoms with Gasteiger partial charge >= 0.3 is 0 Å². The van der Waals surface area contributed by atoms with E-state index in [4.69, 9.17) is 5.11 Å². The van der Waals surface area contributed by atoms with Crippen molar-refractivity contribution in [2.45, 2.75) is 0 Å². The van der Waals surface area contributed by atoms with Crippen LogP contribution in [0.1, 0.15) is 0 Å². The molecule has 0 radical (unpaired) electrons. The molecule has 0 aliphatic carbocycles. The second-order valence-electron chi connectivity index (χ2n) is 0.500. The molecule has 48 valence electrons. The van der Waals surface area contributed by atoms with Gasteiger partial charge in [-0.05, 0) is 21.1 Å².